The third-order valence-corrected chi connectivity index (χ3v) is 2.15. The highest BCUT2D eigenvalue weighted by molar-refractivity contribution is 5.23. The zero-order valence-corrected chi connectivity index (χ0v) is 9.01. The van der Waals surface area contributed by atoms with Crippen LogP contribution in [0.15, 0.2) is 36.5 Å². The van der Waals surface area contributed by atoms with E-state index in [1.54, 1.807) is 0 Å². The van der Waals surface area contributed by atoms with E-state index in [4.69, 9.17) is 0 Å². The molecular formula is C12H21N. The van der Waals surface area contributed by atoms with Gasteiger partial charge >= 0.3 is 0 Å². The van der Waals surface area contributed by atoms with Crippen molar-refractivity contribution in [3.05, 3.63) is 36.5 Å². The molecule has 1 nitrogen and oxygen atoms in total. The van der Waals surface area contributed by atoms with Gasteiger partial charge in [-0.1, -0.05) is 37.8 Å². The lowest BCUT2D eigenvalue weighted by Gasteiger charge is -2.11. The van der Waals surface area contributed by atoms with Gasteiger partial charge in [0.25, 0.3) is 0 Å². The van der Waals surface area contributed by atoms with Crippen LogP contribution >= 0.6 is 0 Å². The van der Waals surface area contributed by atoms with Crippen LogP contribution in [0, 0.1) is 5.92 Å². The molecule has 13 heavy (non-hydrogen) atoms. The van der Waals surface area contributed by atoms with Crippen molar-refractivity contribution in [2.45, 2.75) is 20.3 Å². The van der Waals surface area contributed by atoms with E-state index in [-0.39, 0.29) is 0 Å². The third-order valence-electron chi connectivity index (χ3n) is 2.15. The Labute approximate surface area is 82.2 Å². The van der Waals surface area contributed by atoms with Crippen LogP contribution in [0.2, 0.25) is 0 Å². The first-order valence-electron chi connectivity index (χ1n) is 4.86. The molecule has 0 heterocycles. The first kappa shape index (κ1) is 12.2. The molecule has 1 atom stereocenters. The summed E-state index contributed by atoms with van der Waals surface area (Å²) in [4.78, 5) is 0. The zero-order chi connectivity index (χ0) is 10.1. The highest BCUT2D eigenvalue weighted by atomic mass is 14.8. The van der Waals surface area contributed by atoms with Gasteiger partial charge in [-0.3, -0.25) is 0 Å². The average Bonchev–Trinajstić information content (AvgIpc) is 2.16. The van der Waals surface area contributed by atoms with Crippen LogP contribution in [-0.2, 0) is 0 Å². The minimum atomic E-state index is 0.619. The molecule has 0 rings (SSSR count). The van der Waals surface area contributed by atoms with Crippen LogP contribution in [0.5, 0.6) is 0 Å². The zero-order valence-electron chi connectivity index (χ0n) is 9.01. The van der Waals surface area contributed by atoms with E-state index in [0.717, 1.165) is 6.54 Å². The molecule has 0 aromatic rings. The molecule has 74 valence electrons. The minimum absolute atomic E-state index is 0.619. The second-order valence-corrected chi connectivity index (χ2v) is 3.18. The fourth-order valence-corrected chi connectivity index (χ4v) is 1.25. The second kappa shape index (κ2) is 7.81. The topological polar surface area (TPSA) is 12.0 Å². The van der Waals surface area contributed by atoms with Crippen molar-refractivity contribution < 1.29 is 0 Å². The van der Waals surface area contributed by atoms with Crippen molar-refractivity contribution in [3.8, 4) is 0 Å². The molecule has 0 aliphatic heterocycles. The van der Waals surface area contributed by atoms with Crippen LogP contribution in [0.3, 0.4) is 0 Å². The highest BCUT2D eigenvalue weighted by Crippen LogP contribution is 2.15. The molecule has 0 aliphatic rings. The number of rotatable bonds is 6. The molecule has 0 bridgehead atoms. The summed E-state index contributed by atoms with van der Waals surface area (Å²) < 4.78 is 0. The molecular weight excluding hydrogens is 158 g/mol. The van der Waals surface area contributed by atoms with E-state index in [1.165, 1.54) is 12.0 Å². The van der Waals surface area contributed by atoms with Gasteiger partial charge in [0, 0.05) is 0 Å². The maximum absolute atomic E-state index is 3.66. The summed E-state index contributed by atoms with van der Waals surface area (Å²) >= 11 is 0. The Morgan fingerprint density at radius 3 is 2.69 bits per heavy atom. The Hall–Kier alpha value is -0.820. The van der Waals surface area contributed by atoms with E-state index < -0.39 is 0 Å². The first-order chi connectivity index (χ1) is 6.26. The Morgan fingerprint density at radius 1 is 1.54 bits per heavy atom. The fourth-order valence-electron chi connectivity index (χ4n) is 1.25. The van der Waals surface area contributed by atoms with Gasteiger partial charge in [-0.25, -0.2) is 0 Å². The smallest absolute Gasteiger partial charge is 0.00462 e. The standard InChI is InChI=1S/C12H21N/c1-5-7-8-12(6-2)11(3)9-10-13-4/h5-8,11,13H,1,9-10H2,2-4H3/b8-7-,12-6+/t11-/m0/s1. The van der Waals surface area contributed by atoms with Gasteiger partial charge in [0.05, 0.1) is 0 Å². The van der Waals surface area contributed by atoms with Crippen LogP contribution < -0.4 is 5.32 Å². The predicted octanol–water partition coefficient (Wildman–Crippen LogP) is 2.92. The van der Waals surface area contributed by atoms with E-state index in [1.807, 2.05) is 19.2 Å². The Bertz CT molecular complexity index is 189. The lowest BCUT2D eigenvalue weighted by Crippen LogP contribution is -2.12. The summed E-state index contributed by atoms with van der Waals surface area (Å²) in [6, 6.07) is 0. The fraction of sp³-hybridized carbons (Fsp3) is 0.500. The molecule has 0 saturated heterocycles. The molecule has 1 heteroatoms. The number of hydrogen-bond donors (Lipinski definition) is 1. The van der Waals surface area contributed by atoms with Crippen molar-refractivity contribution in [2.75, 3.05) is 13.6 Å². The molecule has 0 radical (unpaired) electrons. The van der Waals surface area contributed by atoms with Crippen molar-refractivity contribution >= 4 is 0 Å². The molecule has 0 amide bonds. The van der Waals surface area contributed by atoms with Crippen LogP contribution in [0.25, 0.3) is 0 Å². The molecule has 0 aromatic heterocycles. The average molecular weight is 179 g/mol. The molecule has 0 saturated carbocycles. The van der Waals surface area contributed by atoms with Gasteiger partial charge in [0.2, 0.25) is 0 Å². The van der Waals surface area contributed by atoms with Crippen molar-refractivity contribution in [3.63, 3.8) is 0 Å². The monoisotopic (exact) mass is 179 g/mol. The summed E-state index contributed by atoms with van der Waals surface area (Å²) in [5.41, 5.74) is 1.38. The number of hydrogen-bond acceptors (Lipinski definition) is 1. The maximum atomic E-state index is 3.66. The summed E-state index contributed by atoms with van der Waals surface area (Å²) in [6.07, 6.45) is 9.28. The van der Waals surface area contributed by atoms with E-state index in [2.05, 4.69) is 37.9 Å². The summed E-state index contributed by atoms with van der Waals surface area (Å²) in [7, 11) is 1.99. The van der Waals surface area contributed by atoms with E-state index in [9.17, 15) is 0 Å². The maximum Gasteiger partial charge on any atom is -0.00462 e. The van der Waals surface area contributed by atoms with Gasteiger partial charge in [0.1, 0.15) is 0 Å². The van der Waals surface area contributed by atoms with Crippen LogP contribution in [-0.4, -0.2) is 13.6 Å². The van der Waals surface area contributed by atoms with Crippen molar-refractivity contribution in [1.82, 2.24) is 5.32 Å². The summed E-state index contributed by atoms with van der Waals surface area (Å²) in [5, 5.41) is 3.16. The van der Waals surface area contributed by atoms with Gasteiger partial charge in [-0.15, -0.1) is 0 Å². The SMILES string of the molecule is C=C/C=C\C(=C/C)[C@@H](C)CCNC. The quantitative estimate of drug-likeness (QED) is 0.618. The van der Waals surface area contributed by atoms with Crippen LogP contribution in [0.1, 0.15) is 20.3 Å². The highest BCUT2D eigenvalue weighted by Gasteiger charge is 2.03. The lowest BCUT2D eigenvalue weighted by molar-refractivity contribution is 0.593. The Kier molecular flexibility index (Phi) is 7.32. The second-order valence-electron chi connectivity index (χ2n) is 3.18. The van der Waals surface area contributed by atoms with Gasteiger partial charge in [0.15, 0.2) is 0 Å². The Balaban J connectivity index is 4.08. The molecule has 0 fully saturated rings. The van der Waals surface area contributed by atoms with E-state index in [0.29, 0.717) is 5.92 Å². The molecule has 0 unspecified atom stereocenters. The first-order valence-corrected chi connectivity index (χ1v) is 4.86. The largest absolute Gasteiger partial charge is 0.320 e. The van der Waals surface area contributed by atoms with Gasteiger partial charge < -0.3 is 5.32 Å². The molecule has 0 aromatic carbocycles. The normalized spacial score (nSPS) is 14.8. The molecule has 0 spiro atoms. The summed E-state index contributed by atoms with van der Waals surface area (Å²) in [6.45, 7) is 9.06. The van der Waals surface area contributed by atoms with Crippen molar-refractivity contribution in [2.24, 2.45) is 5.92 Å². The minimum Gasteiger partial charge on any atom is -0.320 e. The Morgan fingerprint density at radius 2 is 2.23 bits per heavy atom. The van der Waals surface area contributed by atoms with Gasteiger partial charge in [-0.2, -0.15) is 0 Å². The number of allylic oxidation sites excluding steroid dienone is 5. The summed E-state index contributed by atoms with van der Waals surface area (Å²) in [5.74, 6) is 0.619. The predicted molar refractivity (Wildman–Crippen MR) is 60.8 cm³/mol. The van der Waals surface area contributed by atoms with Gasteiger partial charge in [-0.05, 0) is 38.4 Å². The third kappa shape index (κ3) is 5.42. The molecule has 1 N–H and O–H groups in total. The lowest BCUT2D eigenvalue weighted by atomic mass is 9.97. The van der Waals surface area contributed by atoms with E-state index >= 15 is 0 Å². The molecule has 0 aliphatic carbocycles. The van der Waals surface area contributed by atoms with Crippen molar-refractivity contribution in [1.29, 1.82) is 0 Å². The van der Waals surface area contributed by atoms with Crippen LogP contribution in [0.4, 0.5) is 0 Å². The number of nitrogens with one attached hydrogen (secondary N) is 1.